The van der Waals surface area contributed by atoms with Crippen molar-refractivity contribution in [3.8, 4) is 0 Å². The van der Waals surface area contributed by atoms with E-state index in [1.165, 1.54) is 17.0 Å². The predicted octanol–water partition coefficient (Wildman–Crippen LogP) is 2.57. The molecule has 96 valence electrons. The van der Waals surface area contributed by atoms with Gasteiger partial charge in [0.25, 0.3) is 0 Å². The smallest absolute Gasteiger partial charge is 0.308 e. The average molecular weight is 292 g/mol. The summed E-state index contributed by atoms with van der Waals surface area (Å²) in [7, 11) is 0. The van der Waals surface area contributed by atoms with E-state index in [1.54, 1.807) is 0 Å². The van der Waals surface area contributed by atoms with Crippen molar-refractivity contribution in [2.45, 2.75) is 6.42 Å². The van der Waals surface area contributed by atoms with Crippen LogP contribution in [0.2, 0.25) is 10.0 Å². The van der Waals surface area contributed by atoms with Gasteiger partial charge in [0.1, 0.15) is 0 Å². The number of rotatable bonds is 2. The zero-order chi connectivity index (χ0) is 13.4. The van der Waals surface area contributed by atoms with Gasteiger partial charge in [-0.3, -0.25) is 9.59 Å². The maximum Gasteiger partial charge on any atom is 0.308 e. The molecule has 1 N–H and O–H groups in total. The second-order valence-corrected chi connectivity index (χ2v) is 4.78. The van der Waals surface area contributed by atoms with E-state index < -0.39 is 17.7 Å². The van der Waals surface area contributed by atoms with E-state index in [0.29, 0.717) is 5.69 Å². The monoisotopic (exact) mass is 291 g/mol. The highest BCUT2D eigenvalue weighted by Crippen LogP contribution is 2.32. The quantitative estimate of drug-likeness (QED) is 0.852. The Hall–Kier alpha value is -1.33. The molecule has 0 bridgehead atoms. The van der Waals surface area contributed by atoms with Gasteiger partial charge in [0.15, 0.2) is 5.82 Å². The average Bonchev–Trinajstić information content (AvgIpc) is 2.68. The molecular weight excluding hydrogens is 284 g/mol. The highest BCUT2D eigenvalue weighted by molar-refractivity contribution is 6.35. The maximum absolute atomic E-state index is 13.2. The third-order valence-electron chi connectivity index (χ3n) is 2.75. The number of benzene rings is 1. The Bertz CT molecular complexity index is 512. The Kier molecular flexibility index (Phi) is 3.45. The van der Waals surface area contributed by atoms with Crippen LogP contribution in [0.1, 0.15) is 6.42 Å². The van der Waals surface area contributed by atoms with E-state index in [0.717, 1.165) is 0 Å². The van der Waals surface area contributed by atoms with Crippen LogP contribution in [0.25, 0.3) is 0 Å². The second-order valence-electron chi connectivity index (χ2n) is 3.97. The molecule has 1 fully saturated rings. The number of nitrogens with zero attached hydrogens (tertiary/aromatic N) is 1. The lowest BCUT2D eigenvalue weighted by Crippen LogP contribution is -2.25. The Balaban J connectivity index is 2.33. The van der Waals surface area contributed by atoms with Crippen LogP contribution in [0, 0.1) is 11.7 Å². The molecule has 0 spiro atoms. The lowest BCUT2D eigenvalue weighted by Gasteiger charge is -2.17. The summed E-state index contributed by atoms with van der Waals surface area (Å²) in [6.07, 6.45) is -0.0814. The number of carboxylic acids is 1. The van der Waals surface area contributed by atoms with Crippen molar-refractivity contribution in [2.75, 3.05) is 11.4 Å². The molecule has 0 radical (unpaired) electrons. The number of amides is 1. The number of halogens is 3. The van der Waals surface area contributed by atoms with Gasteiger partial charge >= 0.3 is 5.97 Å². The van der Waals surface area contributed by atoms with Gasteiger partial charge in [-0.25, -0.2) is 4.39 Å². The molecule has 1 atom stereocenters. The highest BCUT2D eigenvalue weighted by atomic mass is 35.5. The van der Waals surface area contributed by atoms with E-state index in [1.807, 2.05) is 0 Å². The molecule has 1 amide bonds. The summed E-state index contributed by atoms with van der Waals surface area (Å²) in [6.45, 7) is 0.0342. The summed E-state index contributed by atoms with van der Waals surface area (Å²) in [5.74, 6) is -2.91. The molecule has 1 aromatic rings. The molecule has 1 unspecified atom stereocenters. The van der Waals surface area contributed by atoms with Crippen LogP contribution in [0.4, 0.5) is 10.1 Å². The molecule has 2 rings (SSSR count). The molecular formula is C11H8Cl2FNO3. The molecule has 7 heteroatoms. The molecule has 4 nitrogen and oxygen atoms in total. The minimum Gasteiger partial charge on any atom is -0.481 e. The molecule has 1 saturated heterocycles. The first-order valence-electron chi connectivity index (χ1n) is 5.08. The molecule has 1 aromatic carbocycles. The first-order valence-corrected chi connectivity index (χ1v) is 5.83. The van der Waals surface area contributed by atoms with Crippen molar-refractivity contribution in [1.82, 2.24) is 0 Å². The van der Waals surface area contributed by atoms with Crippen molar-refractivity contribution in [2.24, 2.45) is 5.92 Å². The molecule has 18 heavy (non-hydrogen) atoms. The number of carboxylic acid groups (broad SMARTS) is 1. The SMILES string of the molecule is O=C(O)C1CC(=O)N(c2cc(Cl)c(F)c(Cl)c2)C1. The van der Waals surface area contributed by atoms with Gasteiger partial charge in [0.05, 0.1) is 16.0 Å². The number of hydrogen-bond acceptors (Lipinski definition) is 2. The number of anilines is 1. The van der Waals surface area contributed by atoms with Crippen LogP contribution in [0.5, 0.6) is 0 Å². The molecule has 1 heterocycles. The fourth-order valence-corrected chi connectivity index (χ4v) is 2.30. The van der Waals surface area contributed by atoms with E-state index in [-0.39, 0.29) is 28.9 Å². The summed E-state index contributed by atoms with van der Waals surface area (Å²) in [6, 6.07) is 2.51. The molecule has 1 aliphatic rings. The van der Waals surface area contributed by atoms with Crippen molar-refractivity contribution in [3.05, 3.63) is 28.0 Å². The van der Waals surface area contributed by atoms with Gasteiger partial charge < -0.3 is 10.0 Å². The van der Waals surface area contributed by atoms with Gasteiger partial charge in [-0.05, 0) is 12.1 Å². The minimum absolute atomic E-state index is 0.0342. The maximum atomic E-state index is 13.2. The van der Waals surface area contributed by atoms with Gasteiger partial charge in [0.2, 0.25) is 5.91 Å². The van der Waals surface area contributed by atoms with E-state index >= 15 is 0 Å². The fourth-order valence-electron chi connectivity index (χ4n) is 1.82. The van der Waals surface area contributed by atoms with E-state index in [4.69, 9.17) is 28.3 Å². The first-order chi connectivity index (χ1) is 8.40. The molecule has 0 saturated carbocycles. The van der Waals surface area contributed by atoms with Crippen molar-refractivity contribution >= 4 is 40.8 Å². The first kappa shape index (κ1) is 13.1. The zero-order valence-electron chi connectivity index (χ0n) is 8.99. The Morgan fingerprint density at radius 2 is 1.94 bits per heavy atom. The third kappa shape index (κ3) is 2.28. The van der Waals surface area contributed by atoms with Crippen LogP contribution >= 0.6 is 23.2 Å². The summed E-state index contributed by atoms with van der Waals surface area (Å²) in [4.78, 5) is 23.7. The van der Waals surface area contributed by atoms with Gasteiger partial charge in [0, 0.05) is 18.7 Å². The number of carbonyl (C=O) groups excluding carboxylic acids is 1. The van der Waals surface area contributed by atoms with Gasteiger partial charge in [-0.1, -0.05) is 23.2 Å². The van der Waals surface area contributed by atoms with Crippen LogP contribution < -0.4 is 4.90 Å². The van der Waals surface area contributed by atoms with Crippen LogP contribution in [0.15, 0.2) is 12.1 Å². The van der Waals surface area contributed by atoms with Gasteiger partial charge in [-0.15, -0.1) is 0 Å². The lowest BCUT2D eigenvalue weighted by atomic mass is 10.1. The largest absolute Gasteiger partial charge is 0.481 e. The standard InChI is InChI=1S/C11H8Cl2FNO3/c12-7-2-6(3-8(13)10(7)14)15-4-5(11(17)18)1-9(15)16/h2-3,5H,1,4H2,(H,17,18). The third-order valence-corrected chi connectivity index (χ3v) is 3.30. The van der Waals surface area contributed by atoms with Crippen LogP contribution in [-0.4, -0.2) is 23.5 Å². The van der Waals surface area contributed by atoms with Crippen molar-refractivity contribution in [1.29, 1.82) is 0 Å². The van der Waals surface area contributed by atoms with Crippen LogP contribution in [0.3, 0.4) is 0 Å². The van der Waals surface area contributed by atoms with Gasteiger partial charge in [-0.2, -0.15) is 0 Å². The molecule has 1 aliphatic heterocycles. The van der Waals surface area contributed by atoms with Crippen molar-refractivity contribution in [3.63, 3.8) is 0 Å². The summed E-state index contributed by atoms with van der Waals surface area (Å²) in [5, 5.41) is 8.45. The minimum atomic E-state index is -1.04. The summed E-state index contributed by atoms with van der Waals surface area (Å²) >= 11 is 11.3. The van der Waals surface area contributed by atoms with E-state index in [9.17, 15) is 14.0 Å². The highest BCUT2D eigenvalue weighted by Gasteiger charge is 2.35. The summed E-state index contributed by atoms with van der Waals surface area (Å²) < 4.78 is 13.2. The number of hydrogen-bond donors (Lipinski definition) is 1. The topological polar surface area (TPSA) is 57.6 Å². The normalized spacial score (nSPS) is 19.4. The number of aliphatic carboxylic acids is 1. The molecule has 0 aromatic heterocycles. The Morgan fingerprint density at radius 3 is 2.39 bits per heavy atom. The second kappa shape index (κ2) is 4.74. The Labute approximate surface area is 112 Å². The van der Waals surface area contributed by atoms with Crippen molar-refractivity contribution < 1.29 is 19.1 Å². The predicted molar refractivity (Wildman–Crippen MR) is 64.5 cm³/mol. The molecule has 0 aliphatic carbocycles. The fraction of sp³-hybridized carbons (Fsp3) is 0.273. The summed E-state index contributed by atoms with van der Waals surface area (Å²) in [5.41, 5.74) is 0.306. The van der Waals surface area contributed by atoms with Crippen LogP contribution in [-0.2, 0) is 9.59 Å². The van der Waals surface area contributed by atoms with E-state index in [2.05, 4.69) is 0 Å². The Morgan fingerprint density at radius 1 is 1.39 bits per heavy atom. The zero-order valence-corrected chi connectivity index (χ0v) is 10.5. The lowest BCUT2D eigenvalue weighted by molar-refractivity contribution is -0.141. The number of carbonyl (C=O) groups is 2.